The number of esters is 1. The van der Waals surface area contributed by atoms with Crippen LogP contribution in [-0.4, -0.2) is 15.7 Å². The van der Waals surface area contributed by atoms with Crippen LogP contribution in [0, 0.1) is 17.1 Å². The number of carbonyl (C=O) groups is 1. The van der Waals surface area contributed by atoms with Crippen LogP contribution in [0.3, 0.4) is 0 Å². The van der Waals surface area contributed by atoms with Crippen molar-refractivity contribution in [3.8, 4) is 6.07 Å². The molecule has 0 aliphatic heterocycles. The van der Waals surface area contributed by atoms with Crippen LogP contribution in [0.4, 0.5) is 10.1 Å². The largest absolute Gasteiger partial charge is 0.459 e. The highest BCUT2D eigenvalue weighted by Crippen LogP contribution is 2.12. The maximum atomic E-state index is 13.1. The van der Waals surface area contributed by atoms with E-state index in [4.69, 9.17) is 15.7 Å². The van der Waals surface area contributed by atoms with Gasteiger partial charge in [0.15, 0.2) is 0 Å². The van der Waals surface area contributed by atoms with Crippen molar-refractivity contribution in [2.45, 2.75) is 13.2 Å². The number of anilines is 1. The number of aromatic nitrogens is 2. The average Bonchev–Trinajstić information content (AvgIpc) is 2.82. The van der Waals surface area contributed by atoms with Crippen LogP contribution in [-0.2, 0) is 22.7 Å². The molecular formula is C13H11FN4O2. The van der Waals surface area contributed by atoms with Crippen LogP contribution in [0.5, 0.6) is 0 Å². The van der Waals surface area contributed by atoms with Gasteiger partial charge in [-0.25, -0.2) is 4.39 Å². The van der Waals surface area contributed by atoms with Crippen LogP contribution in [0.25, 0.3) is 0 Å². The molecule has 0 unspecified atom stereocenters. The van der Waals surface area contributed by atoms with E-state index in [1.807, 2.05) is 6.07 Å². The lowest BCUT2D eigenvalue weighted by atomic mass is 10.1. The molecule has 6 nitrogen and oxygen atoms in total. The van der Waals surface area contributed by atoms with Crippen molar-refractivity contribution in [2.75, 3.05) is 5.73 Å². The van der Waals surface area contributed by atoms with Gasteiger partial charge in [0.05, 0.1) is 23.5 Å². The molecule has 0 bridgehead atoms. The zero-order chi connectivity index (χ0) is 14.5. The fraction of sp³-hybridized carbons (Fsp3) is 0.154. The minimum atomic E-state index is -0.554. The van der Waals surface area contributed by atoms with Gasteiger partial charge in [-0.3, -0.25) is 9.48 Å². The van der Waals surface area contributed by atoms with Crippen LogP contribution < -0.4 is 5.73 Å². The summed E-state index contributed by atoms with van der Waals surface area (Å²) in [5.74, 6) is -1.05. The zero-order valence-electron chi connectivity index (χ0n) is 10.4. The van der Waals surface area contributed by atoms with E-state index in [-0.39, 0.29) is 18.7 Å². The first-order valence-corrected chi connectivity index (χ1v) is 5.70. The van der Waals surface area contributed by atoms with E-state index in [1.54, 1.807) is 0 Å². The number of benzene rings is 1. The summed E-state index contributed by atoms with van der Waals surface area (Å²) in [6.07, 6.45) is 2.90. The number of nitrogens with two attached hydrogens (primary N) is 1. The standard InChI is InChI=1S/C13H11FN4O2/c14-11-2-1-9(4-15)10(3-11)8-20-13(19)7-18-6-12(16)5-17-18/h1-3,5-6H,7-8,16H2. The number of nitrogen functional groups attached to an aromatic ring is 1. The predicted octanol–water partition coefficient (Wildman–Crippen LogP) is 1.22. The molecule has 2 N–H and O–H groups in total. The Morgan fingerprint density at radius 1 is 1.55 bits per heavy atom. The fourth-order valence-electron chi connectivity index (χ4n) is 1.59. The topological polar surface area (TPSA) is 93.9 Å². The number of rotatable bonds is 4. The molecule has 2 aromatic rings. The second-order valence-electron chi connectivity index (χ2n) is 4.05. The summed E-state index contributed by atoms with van der Waals surface area (Å²) in [7, 11) is 0. The van der Waals surface area contributed by atoms with Crippen LogP contribution in [0.1, 0.15) is 11.1 Å². The molecule has 0 atom stereocenters. The van der Waals surface area contributed by atoms with Crippen LogP contribution in [0.2, 0.25) is 0 Å². The van der Waals surface area contributed by atoms with E-state index in [2.05, 4.69) is 5.10 Å². The quantitative estimate of drug-likeness (QED) is 0.846. The van der Waals surface area contributed by atoms with Crippen molar-refractivity contribution in [3.63, 3.8) is 0 Å². The summed E-state index contributed by atoms with van der Waals surface area (Å²) in [4.78, 5) is 11.6. The Morgan fingerprint density at radius 2 is 2.35 bits per heavy atom. The Bertz CT molecular complexity index is 675. The van der Waals surface area contributed by atoms with Crippen molar-refractivity contribution < 1.29 is 13.9 Å². The molecule has 0 saturated carbocycles. The number of nitrogens with zero attached hydrogens (tertiary/aromatic N) is 3. The van der Waals surface area contributed by atoms with Crippen molar-refractivity contribution in [3.05, 3.63) is 47.5 Å². The summed E-state index contributed by atoms with van der Waals surface area (Å²) in [5.41, 5.74) is 6.49. The number of hydrogen-bond acceptors (Lipinski definition) is 5. The third-order valence-corrected chi connectivity index (χ3v) is 2.52. The van der Waals surface area contributed by atoms with Crippen molar-refractivity contribution in [1.82, 2.24) is 9.78 Å². The Balaban J connectivity index is 1.97. The smallest absolute Gasteiger partial charge is 0.328 e. The Hall–Kier alpha value is -2.88. The fourth-order valence-corrected chi connectivity index (χ4v) is 1.59. The van der Waals surface area contributed by atoms with Crippen molar-refractivity contribution in [2.24, 2.45) is 0 Å². The number of carbonyl (C=O) groups excluding carboxylic acids is 1. The summed E-state index contributed by atoms with van der Waals surface area (Å²) < 4.78 is 19.4. The van der Waals surface area contributed by atoms with E-state index in [9.17, 15) is 9.18 Å². The molecule has 0 aliphatic carbocycles. The molecule has 0 saturated heterocycles. The van der Waals surface area contributed by atoms with Gasteiger partial charge in [0.2, 0.25) is 0 Å². The van der Waals surface area contributed by atoms with Gasteiger partial charge < -0.3 is 10.5 Å². The highest BCUT2D eigenvalue weighted by atomic mass is 19.1. The van der Waals surface area contributed by atoms with E-state index in [1.165, 1.54) is 29.2 Å². The molecule has 7 heteroatoms. The summed E-state index contributed by atoms with van der Waals surface area (Å²) in [6.45, 7) is -0.273. The van der Waals surface area contributed by atoms with Gasteiger partial charge in [-0.1, -0.05) is 0 Å². The van der Waals surface area contributed by atoms with Crippen LogP contribution in [0.15, 0.2) is 30.6 Å². The number of ether oxygens (including phenoxy) is 1. The Labute approximate surface area is 114 Å². The second kappa shape index (κ2) is 5.84. The maximum Gasteiger partial charge on any atom is 0.328 e. The molecule has 102 valence electrons. The molecular weight excluding hydrogens is 263 g/mol. The van der Waals surface area contributed by atoms with Gasteiger partial charge in [0, 0.05) is 11.8 Å². The Morgan fingerprint density at radius 3 is 3.00 bits per heavy atom. The SMILES string of the molecule is N#Cc1ccc(F)cc1COC(=O)Cn1cc(N)cn1. The third-order valence-electron chi connectivity index (χ3n) is 2.52. The molecule has 0 amide bonds. The molecule has 1 aromatic carbocycles. The molecule has 2 rings (SSSR count). The van der Waals surface area contributed by atoms with E-state index >= 15 is 0 Å². The first kappa shape index (κ1) is 13.5. The number of nitriles is 1. The molecule has 0 aliphatic rings. The average molecular weight is 274 g/mol. The normalized spacial score (nSPS) is 10.0. The molecule has 20 heavy (non-hydrogen) atoms. The lowest BCUT2D eigenvalue weighted by molar-refractivity contribution is -0.145. The second-order valence-corrected chi connectivity index (χ2v) is 4.05. The summed E-state index contributed by atoms with van der Waals surface area (Å²) in [5, 5.41) is 12.7. The zero-order valence-corrected chi connectivity index (χ0v) is 10.4. The van der Waals surface area contributed by atoms with Crippen molar-refractivity contribution >= 4 is 11.7 Å². The monoisotopic (exact) mass is 274 g/mol. The van der Waals surface area contributed by atoms with Gasteiger partial charge in [0.1, 0.15) is 19.0 Å². The van der Waals surface area contributed by atoms with E-state index in [0.717, 1.165) is 6.07 Å². The molecule has 0 fully saturated rings. The maximum absolute atomic E-state index is 13.1. The predicted molar refractivity (Wildman–Crippen MR) is 67.6 cm³/mol. The van der Waals surface area contributed by atoms with E-state index < -0.39 is 11.8 Å². The van der Waals surface area contributed by atoms with Crippen molar-refractivity contribution in [1.29, 1.82) is 5.26 Å². The lowest BCUT2D eigenvalue weighted by Gasteiger charge is -2.06. The van der Waals surface area contributed by atoms with Gasteiger partial charge in [0.25, 0.3) is 0 Å². The van der Waals surface area contributed by atoms with Gasteiger partial charge >= 0.3 is 5.97 Å². The molecule has 0 radical (unpaired) electrons. The highest BCUT2D eigenvalue weighted by Gasteiger charge is 2.09. The van der Waals surface area contributed by atoms with Gasteiger partial charge in [-0.15, -0.1) is 0 Å². The Kier molecular flexibility index (Phi) is 3.96. The third kappa shape index (κ3) is 3.32. The van der Waals surface area contributed by atoms with E-state index in [0.29, 0.717) is 11.3 Å². The molecule has 0 spiro atoms. The summed E-state index contributed by atoms with van der Waals surface area (Å²) in [6, 6.07) is 5.59. The highest BCUT2D eigenvalue weighted by molar-refractivity contribution is 5.69. The van der Waals surface area contributed by atoms with Gasteiger partial charge in [-0.2, -0.15) is 10.4 Å². The molecule has 1 aromatic heterocycles. The summed E-state index contributed by atoms with van der Waals surface area (Å²) >= 11 is 0. The first-order valence-electron chi connectivity index (χ1n) is 5.70. The minimum absolute atomic E-state index is 0.103. The number of halogens is 1. The molecule has 1 heterocycles. The van der Waals surface area contributed by atoms with Gasteiger partial charge in [-0.05, 0) is 18.2 Å². The minimum Gasteiger partial charge on any atom is -0.459 e. The lowest BCUT2D eigenvalue weighted by Crippen LogP contribution is -2.14. The first-order chi connectivity index (χ1) is 9.58. The number of hydrogen-bond donors (Lipinski definition) is 1. The van der Waals surface area contributed by atoms with Crippen LogP contribution >= 0.6 is 0 Å².